The van der Waals surface area contributed by atoms with Crippen molar-refractivity contribution < 1.29 is 4.74 Å². The molecule has 0 spiro atoms. The maximum Gasteiger partial charge on any atom is 0.127 e. The van der Waals surface area contributed by atoms with Crippen molar-refractivity contribution in [1.82, 2.24) is 20.0 Å². The monoisotopic (exact) mass is 247 g/mol. The van der Waals surface area contributed by atoms with Gasteiger partial charge >= 0.3 is 0 Å². The standard InChI is InChI=1S/C12H17N5O/c1-9-8-18-6-5-17(9)12-7-11(15-16(12)2)10-3-4-13-14-10/h3-4,7,9H,5-6,8H2,1-2H3,(H,13,14)/t9-/m1/s1. The van der Waals surface area contributed by atoms with Gasteiger partial charge in [-0.05, 0) is 13.0 Å². The van der Waals surface area contributed by atoms with Gasteiger partial charge in [-0.3, -0.25) is 9.78 Å². The molecule has 0 saturated carbocycles. The maximum absolute atomic E-state index is 5.46. The Morgan fingerprint density at radius 1 is 1.44 bits per heavy atom. The summed E-state index contributed by atoms with van der Waals surface area (Å²) < 4.78 is 7.37. The zero-order valence-electron chi connectivity index (χ0n) is 10.6. The quantitative estimate of drug-likeness (QED) is 0.861. The molecule has 3 heterocycles. The molecule has 6 nitrogen and oxygen atoms in total. The lowest BCUT2D eigenvalue weighted by Crippen LogP contribution is -2.44. The summed E-state index contributed by atoms with van der Waals surface area (Å²) in [6.07, 6.45) is 1.81. The molecule has 1 N–H and O–H groups in total. The number of aryl methyl sites for hydroxylation is 1. The number of hydrogen-bond acceptors (Lipinski definition) is 4. The molecule has 96 valence electrons. The number of anilines is 1. The number of aromatic amines is 1. The van der Waals surface area contributed by atoms with Gasteiger partial charge in [0.1, 0.15) is 17.2 Å². The van der Waals surface area contributed by atoms with Gasteiger partial charge in [0.25, 0.3) is 0 Å². The third-order valence-corrected chi connectivity index (χ3v) is 3.28. The normalized spacial score (nSPS) is 20.3. The van der Waals surface area contributed by atoms with Crippen molar-refractivity contribution in [3.8, 4) is 11.4 Å². The van der Waals surface area contributed by atoms with Crippen LogP contribution in [-0.2, 0) is 11.8 Å². The first-order valence-electron chi connectivity index (χ1n) is 6.14. The molecule has 3 rings (SSSR count). The van der Waals surface area contributed by atoms with Crippen molar-refractivity contribution in [2.45, 2.75) is 13.0 Å². The summed E-state index contributed by atoms with van der Waals surface area (Å²) in [5, 5.41) is 11.5. The van der Waals surface area contributed by atoms with E-state index in [1.165, 1.54) is 0 Å². The third-order valence-electron chi connectivity index (χ3n) is 3.28. The topological polar surface area (TPSA) is 59.0 Å². The molecular weight excluding hydrogens is 230 g/mol. The van der Waals surface area contributed by atoms with E-state index in [1.54, 1.807) is 6.20 Å². The predicted molar refractivity (Wildman–Crippen MR) is 68.4 cm³/mol. The molecule has 0 amide bonds. The number of rotatable bonds is 2. The number of ether oxygens (including phenoxy) is 1. The van der Waals surface area contributed by atoms with E-state index in [0.29, 0.717) is 6.04 Å². The number of nitrogens with one attached hydrogen (secondary N) is 1. The van der Waals surface area contributed by atoms with Crippen LogP contribution in [0.1, 0.15) is 6.92 Å². The number of H-pyrrole nitrogens is 1. The van der Waals surface area contributed by atoms with Gasteiger partial charge in [-0.25, -0.2) is 0 Å². The second-order valence-corrected chi connectivity index (χ2v) is 4.59. The molecule has 2 aromatic rings. The summed E-state index contributed by atoms with van der Waals surface area (Å²) >= 11 is 0. The van der Waals surface area contributed by atoms with Gasteiger partial charge in [0, 0.05) is 25.9 Å². The molecule has 1 saturated heterocycles. The molecule has 0 bridgehead atoms. The Labute approximate surface area is 106 Å². The van der Waals surface area contributed by atoms with Crippen molar-refractivity contribution in [1.29, 1.82) is 0 Å². The van der Waals surface area contributed by atoms with E-state index >= 15 is 0 Å². The van der Waals surface area contributed by atoms with Crippen LogP contribution in [0, 0.1) is 0 Å². The summed E-state index contributed by atoms with van der Waals surface area (Å²) in [4.78, 5) is 2.33. The summed E-state index contributed by atoms with van der Waals surface area (Å²) in [6, 6.07) is 4.38. The van der Waals surface area contributed by atoms with Crippen LogP contribution in [-0.4, -0.2) is 45.8 Å². The minimum atomic E-state index is 0.376. The molecular formula is C12H17N5O. The molecule has 1 aliphatic rings. The first-order valence-corrected chi connectivity index (χ1v) is 6.14. The van der Waals surface area contributed by atoms with Gasteiger partial charge in [-0.15, -0.1) is 0 Å². The van der Waals surface area contributed by atoms with E-state index in [1.807, 2.05) is 17.8 Å². The molecule has 2 aromatic heterocycles. The molecule has 0 radical (unpaired) electrons. The van der Waals surface area contributed by atoms with Crippen LogP contribution >= 0.6 is 0 Å². The van der Waals surface area contributed by atoms with Gasteiger partial charge in [-0.1, -0.05) is 0 Å². The highest BCUT2D eigenvalue weighted by Crippen LogP contribution is 2.24. The number of nitrogens with zero attached hydrogens (tertiary/aromatic N) is 4. The van der Waals surface area contributed by atoms with Crippen LogP contribution in [0.2, 0.25) is 0 Å². The summed E-state index contributed by atoms with van der Waals surface area (Å²) in [5.41, 5.74) is 1.77. The Kier molecular flexibility index (Phi) is 2.79. The average Bonchev–Trinajstić information content (AvgIpc) is 2.99. The van der Waals surface area contributed by atoms with Crippen molar-refractivity contribution in [2.24, 2.45) is 7.05 Å². The maximum atomic E-state index is 5.46. The second-order valence-electron chi connectivity index (χ2n) is 4.59. The highest BCUT2D eigenvalue weighted by molar-refractivity contribution is 5.59. The Hall–Kier alpha value is -1.82. The fourth-order valence-electron chi connectivity index (χ4n) is 2.32. The van der Waals surface area contributed by atoms with Crippen molar-refractivity contribution in [3.05, 3.63) is 18.3 Å². The van der Waals surface area contributed by atoms with Crippen LogP contribution in [0.3, 0.4) is 0 Å². The Bertz CT molecular complexity index is 519. The fourth-order valence-corrected chi connectivity index (χ4v) is 2.32. The first-order chi connectivity index (χ1) is 8.75. The first kappa shape index (κ1) is 11.3. The predicted octanol–water partition coefficient (Wildman–Crippen LogP) is 1.04. The molecule has 6 heteroatoms. The van der Waals surface area contributed by atoms with Gasteiger partial charge in [0.15, 0.2) is 0 Å². The van der Waals surface area contributed by atoms with Crippen LogP contribution in [0.5, 0.6) is 0 Å². The lowest BCUT2D eigenvalue weighted by Gasteiger charge is -2.34. The molecule has 0 unspecified atom stereocenters. The number of hydrogen-bond donors (Lipinski definition) is 1. The number of aromatic nitrogens is 4. The summed E-state index contributed by atoms with van der Waals surface area (Å²) in [6.45, 7) is 4.61. The highest BCUT2D eigenvalue weighted by Gasteiger charge is 2.22. The van der Waals surface area contributed by atoms with E-state index in [2.05, 4.69) is 33.2 Å². The number of morpholine rings is 1. The average molecular weight is 247 g/mol. The molecule has 0 aliphatic carbocycles. The van der Waals surface area contributed by atoms with Crippen molar-refractivity contribution in [2.75, 3.05) is 24.7 Å². The van der Waals surface area contributed by atoms with Crippen molar-refractivity contribution in [3.63, 3.8) is 0 Å². The van der Waals surface area contributed by atoms with E-state index in [-0.39, 0.29) is 0 Å². The largest absolute Gasteiger partial charge is 0.377 e. The van der Waals surface area contributed by atoms with Crippen LogP contribution in [0.15, 0.2) is 18.3 Å². The van der Waals surface area contributed by atoms with Crippen LogP contribution < -0.4 is 4.90 Å². The van der Waals surface area contributed by atoms with Gasteiger partial charge in [-0.2, -0.15) is 10.2 Å². The smallest absolute Gasteiger partial charge is 0.127 e. The van der Waals surface area contributed by atoms with Gasteiger partial charge in [0.2, 0.25) is 0 Å². The van der Waals surface area contributed by atoms with Crippen LogP contribution in [0.25, 0.3) is 11.4 Å². The second kappa shape index (κ2) is 4.45. The lowest BCUT2D eigenvalue weighted by atomic mass is 10.2. The Morgan fingerprint density at radius 2 is 2.33 bits per heavy atom. The van der Waals surface area contributed by atoms with Crippen molar-refractivity contribution >= 4 is 5.82 Å². The van der Waals surface area contributed by atoms with E-state index in [9.17, 15) is 0 Å². The fraction of sp³-hybridized carbons (Fsp3) is 0.500. The third kappa shape index (κ3) is 1.88. The zero-order valence-corrected chi connectivity index (χ0v) is 10.6. The van der Waals surface area contributed by atoms with Gasteiger partial charge < -0.3 is 9.64 Å². The molecule has 1 fully saturated rings. The Morgan fingerprint density at radius 3 is 3.06 bits per heavy atom. The molecule has 1 aliphatic heterocycles. The lowest BCUT2D eigenvalue weighted by molar-refractivity contribution is 0.0981. The SMILES string of the molecule is C[C@@H]1COCCN1c1cc(-c2cc[nH]n2)nn1C. The summed E-state index contributed by atoms with van der Waals surface area (Å²) in [5.74, 6) is 1.11. The van der Waals surface area contributed by atoms with E-state index in [4.69, 9.17) is 4.74 Å². The van der Waals surface area contributed by atoms with Gasteiger partial charge in [0.05, 0.1) is 19.3 Å². The van der Waals surface area contributed by atoms with E-state index in [0.717, 1.165) is 37.0 Å². The minimum absolute atomic E-state index is 0.376. The highest BCUT2D eigenvalue weighted by atomic mass is 16.5. The summed E-state index contributed by atoms with van der Waals surface area (Å²) in [7, 11) is 1.97. The minimum Gasteiger partial charge on any atom is -0.377 e. The zero-order chi connectivity index (χ0) is 12.5. The van der Waals surface area contributed by atoms with Crippen LogP contribution in [0.4, 0.5) is 5.82 Å². The molecule has 1 atom stereocenters. The Balaban J connectivity index is 1.93. The molecule has 18 heavy (non-hydrogen) atoms. The molecule has 0 aromatic carbocycles. The van der Waals surface area contributed by atoms with E-state index < -0.39 is 0 Å².